The summed E-state index contributed by atoms with van der Waals surface area (Å²) in [4.78, 5) is 45.5. The van der Waals surface area contributed by atoms with Gasteiger partial charge in [0.15, 0.2) is 5.41 Å². The Bertz CT molecular complexity index is 1970. The smallest absolute Gasteiger partial charge is 0.343 e. The van der Waals surface area contributed by atoms with Gasteiger partial charge in [0.2, 0.25) is 0 Å². The summed E-state index contributed by atoms with van der Waals surface area (Å²) in [6, 6.07) is 29.6. The Morgan fingerprint density at radius 1 is 0.614 bits per heavy atom. The van der Waals surface area contributed by atoms with Crippen LogP contribution >= 0.6 is 0 Å². The molecular formula is C36H26O8. The molecule has 5 aromatic rings. The fraction of sp³-hybridized carbons (Fsp3) is 0.0556. The molecule has 0 heterocycles. The molecule has 1 aliphatic carbocycles. The predicted molar refractivity (Wildman–Crippen MR) is 167 cm³/mol. The fourth-order valence-corrected chi connectivity index (χ4v) is 5.55. The molecule has 4 N–H and O–H groups in total. The van der Waals surface area contributed by atoms with Crippen molar-refractivity contribution in [2.75, 3.05) is 0 Å². The van der Waals surface area contributed by atoms with E-state index in [1.54, 1.807) is 30.3 Å². The van der Waals surface area contributed by atoms with E-state index in [1.807, 2.05) is 72.8 Å². The monoisotopic (exact) mass is 586 g/mol. The van der Waals surface area contributed by atoms with Crippen molar-refractivity contribution in [3.05, 3.63) is 131 Å². The second-order valence-corrected chi connectivity index (χ2v) is 10.3. The molecule has 44 heavy (non-hydrogen) atoms. The minimum Gasteiger partial charge on any atom is -0.480 e. The number of rotatable bonds is 7. The molecule has 8 heteroatoms. The van der Waals surface area contributed by atoms with Gasteiger partial charge in [-0.3, -0.25) is 9.59 Å². The van der Waals surface area contributed by atoms with Gasteiger partial charge in [-0.1, -0.05) is 110 Å². The van der Waals surface area contributed by atoms with Crippen molar-refractivity contribution in [3.63, 3.8) is 0 Å². The zero-order chi connectivity index (χ0) is 31.6. The minimum atomic E-state index is -1.93. The zero-order valence-corrected chi connectivity index (χ0v) is 23.2. The third kappa shape index (κ3) is 5.20. The van der Waals surface area contributed by atoms with Gasteiger partial charge in [0.05, 0.1) is 0 Å². The second kappa shape index (κ2) is 11.7. The average Bonchev–Trinajstić information content (AvgIpc) is 3.02. The van der Waals surface area contributed by atoms with Crippen LogP contribution < -0.4 is 0 Å². The maximum absolute atomic E-state index is 11.9. The van der Waals surface area contributed by atoms with Gasteiger partial charge in [0, 0.05) is 6.42 Å². The zero-order valence-electron chi connectivity index (χ0n) is 23.2. The molecule has 0 bridgehead atoms. The summed E-state index contributed by atoms with van der Waals surface area (Å²) >= 11 is 0. The lowest BCUT2D eigenvalue weighted by Gasteiger charge is -2.32. The highest BCUT2D eigenvalue weighted by molar-refractivity contribution is 6.19. The van der Waals surface area contributed by atoms with Gasteiger partial charge in [-0.15, -0.1) is 0 Å². The summed E-state index contributed by atoms with van der Waals surface area (Å²) in [5.74, 6) is -5.56. The van der Waals surface area contributed by atoms with Crippen LogP contribution in [0.4, 0.5) is 0 Å². The summed E-state index contributed by atoms with van der Waals surface area (Å²) < 4.78 is 0. The molecule has 0 saturated carbocycles. The standard InChI is InChI=1S/C18H12O4.C18H14O4/c19-16(20)18(17(21)22)9-12-5-1-3-10-7-8-11-4-2-6-13(18)15(11)14(10)12;1-2-12-3-7-14(8-4-12)15-9-5-13(6-10-15)11-16(17(19)20)18(21)22/h1-8H,9H2,(H,19,20)(H,21,22);2-11H,1H2,(H,19,20)(H,21,22). The Balaban J connectivity index is 0.000000175. The molecule has 218 valence electrons. The molecule has 1 aliphatic rings. The van der Waals surface area contributed by atoms with Crippen molar-refractivity contribution in [1.82, 2.24) is 0 Å². The largest absolute Gasteiger partial charge is 0.480 e. The van der Waals surface area contributed by atoms with E-state index in [1.165, 1.54) is 0 Å². The Morgan fingerprint density at radius 3 is 1.61 bits per heavy atom. The number of carbonyl (C=O) groups is 4. The van der Waals surface area contributed by atoms with E-state index >= 15 is 0 Å². The van der Waals surface area contributed by atoms with Crippen LogP contribution in [-0.4, -0.2) is 44.3 Å². The summed E-state index contributed by atoms with van der Waals surface area (Å²) in [5, 5.41) is 40.7. The van der Waals surface area contributed by atoms with Crippen LogP contribution in [0.15, 0.2) is 109 Å². The third-order valence-electron chi connectivity index (χ3n) is 7.78. The number of hydrogen-bond acceptors (Lipinski definition) is 4. The van der Waals surface area contributed by atoms with Crippen molar-refractivity contribution in [2.45, 2.75) is 11.8 Å². The van der Waals surface area contributed by atoms with E-state index in [2.05, 4.69) is 6.58 Å². The molecule has 5 aromatic carbocycles. The summed E-state index contributed by atoms with van der Waals surface area (Å²) in [6.07, 6.45) is 2.86. The van der Waals surface area contributed by atoms with Crippen LogP contribution in [0, 0.1) is 0 Å². The molecule has 0 saturated heterocycles. The van der Waals surface area contributed by atoms with Crippen LogP contribution in [-0.2, 0) is 31.0 Å². The van der Waals surface area contributed by atoms with Crippen molar-refractivity contribution in [1.29, 1.82) is 0 Å². The number of carboxylic acids is 4. The van der Waals surface area contributed by atoms with Gasteiger partial charge in [0.25, 0.3) is 0 Å². The van der Waals surface area contributed by atoms with E-state index in [-0.39, 0.29) is 6.42 Å². The highest BCUT2D eigenvalue weighted by atomic mass is 16.4. The van der Waals surface area contributed by atoms with Gasteiger partial charge in [-0.05, 0) is 61.0 Å². The topological polar surface area (TPSA) is 149 Å². The lowest BCUT2D eigenvalue weighted by atomic mass is 9.69. The van der Waals surface area contributed by atoms with Gasteiger partial charge < -0.3 is 20.4 Å². The Hall–Kier alpha value is -6.02. The molecular weight excluding hydrogens is 560 g/mol. The predicted octanol–water partition coefficient (Wildman–Crippen LogP) is 6.51. The minimum absolute atomic E-state index is 0.0366. The third-order valence-corrected chi connectivity index (χ3v) is 7.78. The number of carboxylic acid groups (broad SMARTS) is 4. The Labute approximate surface area is 251 Å². The Morgan fingerprint density at radius 2 is 1.11 bits per heavy atom. The molecule has 0 atom stereocenters. The molecule has 0 aromatic heterocycles. The number of benzene rings is 5. The maximum Gasteiger partial charge on any atom is 0.343 e. The van der Waals surface area contributed by atoms with Gasteiger partial charge >= 0.3 is 23.9 Å². The van der Waals surface area contributed by atoms with Crippen LogP contribution in [0.1, 0.15) is 22.3 Å². The highest BCUT2D eigenvalue weighted by Gasteiger charge is 2.51. The van der Waals surface area contributed by atoms with Crippen molar-refractivity contribution < 1.29 is 39.6 Å². The highest BCUT2D eigenvalue weighted by Crippen LogP contribution is 2.44. The molecule has 0 spiro atoms. The van der Waals surface area contributed by atoms with Crippen molar-refractivity contribution in [2.24, 2.45) is 0 Å². The van der Waals surface area contributed by atoms with Crippen LogP contribution in [0.3, 0.4) is 0 Å². The molecule has 0 fully saturated rings. The molecule has 0 amide bonds. The summed E-state index contributed by atoms with van der Waals surface area (Å²) in [6.45, 7) is 3.70. The number of hydrogen-bond donors (Lipinski definition) is 4. The first-order valence-corrected chi connectivity index (χ1v) is 13.5. The first-order chi connectivity index (χ1) is 21.1. The lowest BCUT2D eigenvalue weighted by Crippen LogP contribution is -2.47. The number of aliphatic carboxylic acids is 4. The van der Waals surface area contributed by atoms with E-state index in [4.69, 9.17) is 10.2 Å². The van der Waals surface area contributed by atoms with Crippen LogP contribution in [0.25, 0.3) is 44.8 Å². The molecule has 0 aliphatic heterocycles. The van der Waals surface area contributed by atoms with E-state index < -0.39 is 34.9 Å². The van der Waals surface area contributed by atoms with Gasteiger partial charge in [-0.25, -0.2) is 9.59 Å². The first kappa shape index (κ1) is 29.5. The van der Waals surface area contributed by atoms with Gasteiger partial charge in [0.1, 0.15) is 5.57 Å². The maximum atomic E-state index is 11.9. The molecule has 6 rings (SSSR count). The summed E-state index contributed by atoms with van der Waals surface area (Å²) in [7, 11) is 0. The fourth-order valence-electron chi connectivity index (χ4n) is 5.55. The van der Waals surface area contributed by atoms with Gasteiger partial charge in [-0.2, -0.15) is 0 Å². The van der Waals surface area contributed by atoms with E-state index in [0.717, 1.165) is 49.9 Å². The SMILES string of the molecule is C=Cc1ccc(-c2ccc(C=C(C(=O)O)C(=O)O)cc2)cc1.O=C(O)C1(C(=O)O)Cc2cccc3ccc4cccc1c4c23. The lowest BCUT2D eigenvalue weighted by molar-refractivity contribution is -0.157. The Kier molecular flexibility index (Phi) is 7.83. The van der Waals surface area contributed by atoms with Crippen molar-refractivity contribution >= 4 is 57.6 Å². The average molecular weight is 587 g/mol. The quantitative estimate of drug-likeness (QED) is 0.0730. The summed E-state index contributed by atoms with van der Waals surface area (Å²) in [5.41, 5.74) is 2.06. The van der Waals surface area contributed by atoms with E-state index in [9.17, 15) is 29.4 Å². The second-order valence-electron chi connectivity index (χ2n) is 10.3. The van der Waals surface area contributed by atoms with E-state index in [0.29, 0.717) is 11.1 Å². The molecule has 0 radical (unpaired) electrons. The first-order valence-electron chi connectivity index (χ1n) is 13.5. The molecule has 8 nitrogen and oxygen atoms in total. The van der Waals surface area contributed by atoms with Crippen LogP contribution in [0.5, 0.6) is 0 Å². The normalized spacial score (nSPS) is 12.5. The van der Waals surface area contributed by atoms with Crippen LogP contribution in [0.2, 0.25) is 0 Å². The molecule has 0 unspecified atom stereocenters. The van der Waals surface area contributed by atoms with Crippen molar-refractivity contribution in [3.8, 4) is 11.1 Å².